The smallest absolute Gasteiger partial charge is 0.251 e. The Morgan fingerprint density at radius 3 is 2.52 bits per heavy atom. The van der Waals surface area contributed by atoms with Crippen LogP contribution in [0.5, 0.6) is 0 Å². The van der Waals surface area contributed by atoms with Gasteiger partial charge in [-0.15, -0.1) is 0 Å². The van der Waals surface area contributed by atoms with Crippen LogP contribution in [0.1, 0.15) is 15.9 Å². The average Bonchev–Trinajstić information content (AvgIpc) is 2.41. The lowest BCUT2D eigenvalue weighted by atomic mass is 10.1. The monoisotopic (exact) mass is 316 g/mol. The van der Waals surface area contributed by atoms with E-state index in [0.29, 0.717) is 24.3 Å². The van der Waals surface area contributed by atoms with Gasteiger partial charge in [0.15, 0.2) is 0 Å². The highest BCUT2D eigenvalue weighted by Crippen LogP contribution is 2.14. The molecule has 1 aromatic rings. The van der Waals surface area contributed by atoms with E-state index in [0.717, 1.165) is 0 Å². The topological polar surface area (TPSA) is 108 Å². The molecule has 1 unspecified atom stereocenters. The maximum Gasteiger partial charge on any atom is 0.251 e. The number of primary sulfonamides is 1. The van der Waals surface area contributed by atoms with Crippen molar-refractivity contribution in [3.8, 4) is 0 Å². The molecule has 21 heavy (non-hydrogen) atoms. The van der Waals surface area contributed by atoms with Gasteiger partial charge >= 0.3 is 0 Å². The number of methoxy groups -OCH3 is 2. The number of carbonyl (C=O) groups is 1. The van der Waals surface area contributed by atoms with E-state index in [1.807, 2.05) is 0 Å². The van der Waals surface area contributed by atoms with Crippen molar-refractivity contribution in [2.45, 2.75) is 17.9 Å². The van der Waals surface area contributed by atoms with E-state index in [2.05, 4.69) is 5.32 Å². The first-order chi connectivity index (χ1) is 9.79. The van der Waals surface area contributed by atoms with E-state index in [9.17, 15) is 13.2 Å². The quantitative estimate of drug-likeness (QED) is 0.738. The molecular weight excluding hydrogens is 296 g/mol. The van der Waals surface area contributed by atoms with Crippen LogP contribution >= 0.6 is 0 Å². The highest BCUT2D eigenvalue weighted by Gasteiger charge is 2.15. The lowest BCUT2D eigenvalue weighted by Crippen LogP contribution is -2.35. The van der Waals surface area contributed by atoms with Gasteiger partial charge in [0.2, 0.25) is 10.0 Å². The highest BCUT2D eigenvalue weighted by molar-refractivity contribution is 7.89. The summed E-state index contributed by atoms with van der Waals surface area (Å²) < 4.78 is 32.6. The van der Waals surface area contributed by atoms with E-state index in [1.54, 1.807) is 14.0 Å². The summed E-state index contributed by atoms with van der Waals surface area (Å²) in [4.78, 5) is 12.0. The number of nitrogens with one attached hydrogen (secondary N) is 1. The minimum Gasteiger partial charge on any atom is -0.382 e. The third-order valence-electron chi connectivity index (χ3n) is 2.95. The van der Waals surface area contributed by atoms with E-state index in [4.69, 9.17) is 14.6 Å². The van der Waals surface area contributed by atoms with Crippen LogP contribution in [0.15, 0.2) is 23.1 Å². The molecule has 0 fully saturated rings. The molecule has 0 aromatic heterocycles. The molecule has 0 bridgehead atoms. The summed E-state index contributed by atoms with van der Waals surface area (Å²) in [6.45, 7) is 2.30. The molecule has 0 heterocycles. The van der Waals surface area contributed by atoms with Gasteiger partial charge in [-0.2, -0.15) is 0 Å². The average molecular weight is 316 g/mol. The summed E-state index contributed by atoms with van der Waals surface area (Å²) in [6.07, 6.45) is -0.247. The molecule has 118 valence electrons. The standard InChI is InChI=1S/C13H20N2O5S/c1-9-6-11(21(14,17)18)4-5-12(9)13(16)15-7-10(20-3)8-19-2/h4-6,10H,7-8H2,1-3H3,(H,15,16)(H2,14,17,18). The highest BCUT2D eigenvalue weighted by atomic mass is 32.2. The molecule has 3 N–H and O–H groups in total. The second-order valence-corrected chi connectivity index (χ2v) is 6.11. The summed E-state index contributed by atoms with van der Waals surface area (Å²) in [5.74, 6) is -0.313. The third-order valence-corrected chi connectivity index (χ3v) is 3.86. The van der Waals surface area contributed by atoms with Crippen molar-refractivity contribution in [2.75, 3.05) is 27.4 Å². The van der Waals surface area contributed by atoms with Crippen LogP contribution in [0.3, 0.4) is 0 Å². The fraction of sp³-hybridized carbons (Fsp3) is 0.462. The number of amides is 1. The Bertz CT molecular complexity index is 601. The molecule has 1 amide bonds. The number of aryl methyl sites for hydroxylation is 1. The summed E-state index contributed by atoms with van der Waals surface area (Å²) in [6, 6.07) is 4.11. The van der Waals surface area contributed by atoms with Gasteiger partial charge in [-0.05, 0) is 30.7 Å². The molecule has 0 saturated heterocycles. The van der Waals surface area contributed by atoms with Gasteiger partial charge < -0.3 is 14.8 Å². The molecule has 0 aliphatic carbocycles. The number of rotatable bonds is 7. The maximum absolute atomic E-state index is 12.1. The number of carbonyl (C=O) groups excluding carboxylic acids is 1. The van der Waals surface area contributed by atoms with Crippen molar-refractivity contribution in [1.29, 1.82) is 0 Å². The van der Waals surface area contributed by atoms with Crippen LogP contribution in [0.25, 0.3) is 0 Å². The Labute approximate surface area is 124 Å². The molecular formula is C13H20N2O5S. The Hall–Kier alpha value is -1.48. The predicted octanol–water partition coefficient (Wildman–Crippen LogP) is 0.0336. The minimum absolute atomic E-state index is 0.0225. The van der Waals surface area contributed by atoms with Gasteiger partial charge in [0.25, 0.3) is 5.91 Å². The van der Waals surface area contributed by atoms with Crippen molar-refractivity contribution in [2.24, 2.45) is 5.14 Å². The van der Waals surface area contributed by atoms with Gasteiger partial charge in [-0.25, -0.2) is 13.6 Å². The van der Waals surface area contributed by atoms with Crippen LogP contribution in [0, 0.1) is 6.92 Å². The molecule has 1 atom stereocenters. The van der Waals surface area contributed by atoms with E-state index in [-0.39, 0.29) is 16.9 Å². The van der Waals surface area contributed by atoms with Crippen LogP contribution < -0.4 is 10.5 Å². The SMILES string of the molecule is COCC(CNC(=O)c1ccc(S(N)(=O)=O)cc1C)OC. The summed E-state index contributed by atoms with van der Waals surface area (Å²) in [5.41, 5.74) is 0.911. The second kappa shape index (κ2) is 7.51. The number of benzene rings is 1. The van der Waals surface area contributed by atoms with E-state index >= 15 is 0 Å². The number of ether oxygens (including phenoxy) is 2. The fourth-order valence-corrected chi connectivity index (χ4v) is 2.36. The number of hydrogen-bond donors (Lipinski definition) is 2. The van der Waals surface area contributed by atoms with Crippen LogP contribution in [0.4, 0.5) is 0 Å². The molecule has 0 saturated carbocycles. The minimum atomic E-state index is -3.77. The van der Waals surface area contributed by atoms with Crippen molar-refractivity contribution >= 4 is 15.9 Å². The van der Waals surface area contributed by atoms with Crippen LogP contribution in [0.2, 0.25) is 0 Å². The molecule has 0 aliphatic heterocycles. The zero-order valence-electron chi connectivity index (χ0n) is 12.3. The molecule has 1 rings (SSSR count). The van der Waals surface area contributed by atoms with Gasteiger partial charge in [0.1, 0.15) is 0 Å². The largest absolute Gasteiger partial charge is 0.382 e. The fourth-order valence-electron chi connectivity index (χ4n) is 1.77. The second-order valence-electron chi connectivity index (χ2n) is 4.54. The summed E-state index contributed by atoms with van der Waals surface area (Å²) in [5, 5.41) is 7.75. The van der Waals surface area contributed by atoms with Crippen LogP contribution in [-0.2, 0) is 19.5 Å². The van der Waals surface area contributed by atoms with E-state index in [1.165, 1.54) is 25.3 Å². The Kier molecular flexibility index (Phi) is 6.28. The third kappa shape index (κ3) is 5.09. The zero-order chi connectivity index (χ0) is 16.0. The Morgan fingerprint density at radius 1 is 1.38 bits per heavy atom. The Morgan fingerprint density at radius 2 is 2.05 bits per heavy atom. The Balaban J connectivity index is 2.80. The lowest BCUT2D eigenvalue weighted by molar-refractivity contribution is 0.0285. The van der Waals surface area contributed by atoms with Crippen molar-refractivity contribution in [3.05, 3.63) is 29.3 Å². The number of nitrogens with two attached hydrogens (primary N) is 1. The van der Waals surface area contributed by atoms with E-state index < -0.39 is 10.0 Å². The van der Waals surface area contributed by atoms with Gasteiger partial charge in [0, 0.05) is 26.3 Å². The predicted molar refractivity (Wildman–Crippen MR) is 77.6 cm³/mol. The first-order valence-electron chi connectivity index (χ1n) is 6.23. The molecule has 0 radical (unpaired) electrons. The van der Waals surface area contributed by atoms with Gasteiger partial charge in [-0.3, -0.25) is 4.79 Å². The first kappa shape index (κ1) is 17.6. The molecule has 8 heteroatoms. The number of sulfonamides is 1. The molecule has 0 spiro atoms. The summed E-state index contributed by atoms with van der Waals surface area (Å²) in [7, 11) is -0.698. The molecule has 0 aliphatic rings. The van der Waals surface area contributed by atoms with Gasteiger partial charge in [0.05, 0.1) is 17.6 Å². The zero-order valence-corrected chi connectivity index (χ0v) is 13.1. The summed E-state index contributed by atoms with van der Waals surface area (Å²) >= 11 is 0. The van der Waals surface area contributed by atoms with Gasteiger partial charge in [-0.1, -0.05) is 0 Å². The molecule has 1 aromatic carbocycles. The van der Waals surface area contributed by atoms with Crippen LogP contribution in [-0.4, -0.2) is 47.8 Å². The van der Waals surface area contributed by atoms with Crippen molar-refractivity contribution in [3.63, 3.8) is 0 Å². The normalized spacial score (nSPS) is 13.0. The molecule has 7 nitrogen and oxygen atoms in total. The maximum atomic E-state index is 12.1. The van der Waals surface area contributed by atoms with Crippen molar-refractivity contribution in [1.82, 2.24) is 5.32 Å². The first-order valence-corrected chi connectivity index (χ1v) is 7.77. The van der Waals surface area contributed by atoms with Crippen molar-refractivity contribution < 1.29 is 22.7 Å². The number of hydrogen-bond acceptors (Lipinski definition) is 5. The lowest BCUT2D eigenvalue weighted by Gasteiger charge is -2.15.